The molecule has 4 aliphatic carbocycles. The number of carbonyl (C=O) groups is 1. The Labute approximate surface area is 174 Å². The fraction of sp³-hybridized carbons (Fsp3) is 0.680. The van der Waals surface area contributed by atoms with E-state index in [2.05, 4.69) is 38.0 Å². The summed E-state index contributed by atoms with van der Waals surface area (Å²) in [7, 11) is 0. The van der Waals surface area contributed by atoms with E-state index in [1.165, 1.54) is 5.57 Å². The van der Waals surface area contributed by atoms with Crippen molar-refractivity contribution in [3.05, 3.63) is 35.2 Å². The largest absolute Gasteiger partial charge is 0.393 e. The number of aromatic nitrogens is 2. The lowest BCUT2D eigenvalue weighted by Crippen LogP contribution is -2.50. The number of carbonyl (C=O) groups excluding carboxylic acids is 1. The Hall–Kier alpha value is -1.68. The van der Waals surface area contributed by atoms with Gasteiger partial charge in [0, 0.05) is 23.7 Å². The van der Waals surface area contributed by atoms with Gasteiger partial charge in [0.25, 0.3) is 0 Å². The number of fused-ring (bicyclic) bond motifs is 5. The van der Waals surface area contributed by atoms with Gasteiger partial charge in [-0.1, -0.05) is 25.5 Å². The maximum Gasteiger partial charge on any atom is 0.165 e. The fourth-order valence-electron chi connectivity index (χ4n) is 7.27. The molecule has 4 nitrogen and oxygen atoms in total. The Bertz CT molecular complexity index is 896. The predicted octanol–water partition coefficient (Wildman–Crippen LogP) is 4.79. The number of Topliss-reactive ketones (excluding diaryl/α,β-unsaturated/α-hetero) is 1. The van der Waals surface area contributed by atoms with Crippen LogP contribution in [0.4, 0.5) is 0 Å². The van der Waals surface area contributed by atoms with Crippen LogP contribution in [0, 0.1) is 28.6 Å². The lowest BCUT2D eigenvalue weighted by Gasteiger charge is -2.56. The highest BCUT2D eigenvalue weighted by Crippen LogP contribution is 2.64. The Balaban J connectivity index is 1.46. The Morgan fingerprint density at radius 2 is 2.00 bits per heavy atom. The molecule has 1 N–H and O–H groups in total. The SMILES string of the molecule is CCn1cc(C=C2CC3C4CC=C5CC(O)CCC5(C)C4CCC3(C)C2=O)cn1. The highest BCUT2D eigenvalue weighted by atomic mass is 16.3. The highest BCUT2D eigenvalue weighted by Gasteiger charge is 2.59. The maximum absolute atomic E-state index is 13.5. The second-order valence-electron chi connectivity index (χ2n) is 10.4. The zero-order valence-electron chi connectivity index (χ0n) is 18.0. The molecule has 0 saturated heterocycles. The molecule has 3 saturated carbocycles. The first-order valence-corrected chi connectivity index (χ1v) is 11.5. The van der Waals surface area contributed by atoms with Gasteiger partial charge in [0.2, 0.25) is 0 Å². The summed E-state index contributed by atoms with van der Waals surface area (Å²) >= 11 is 0. The standard InChI is InChI=1S/C25H34N2O2/c1-4-27-15-16(14-26-27)11-17-12-22-20-6-5-18-13-19(28)7-9-24(18,2)21(20)8-10-25(22,3)23(17)29/h5,11,14-15,19-22,28H,4,6-10,12-13H2,1-3H3. The molecule has 1 aromatic heterocycles. The summed E-state index contributed by atoms with van der Waals surface area (Å²) < 4.78 is 1.92. The first-order chi connectivity index (χ1) is 13.8. The van der Waals surface area contributed by atoms with Crippen LogP contribution in [0.25, 0.3) is 6.08 Å². The van der Waals surface area contributed by atoms with E-state index in [1.807, 2.05) is 17.1 Å². The van der Waals surface area contributed by atoms with Gasteiger partial charge in [-0.15, -0.1) is 0 Å². The van der Waals surface area contributed by atoms with Crippen molar-refractivity contribution in [1.29, 1.82) is 0 Å². The summed E-state index contributed by atoms with van der Waals surface area (Å²) in [6.07, 6.45) is 15.3. The predicted molar refractivity (Wildman–Crippen MR) is 114 cm³/mol. The van der Waals surface area contributed by atoms with Crippen LogP contribution in [-0.4, -0.2) is 26.8 Å². The normalized spacial score (nSPS) is 43.0. The molecule has 1 heterocycles. The zero-order valence-corrected chi connectivity index (χ0v) is 18.0. The summed E-state index contributed by atoms with van der Waals surface area (Å²) in [6, 6.07) is 0. The molecule has 1 aromatic rings. The van der Waals surface area contributed by atoms with Gasteiger partial charge in [-0.3, -0.25) is 9.48 Å². The van der Waals surface area contributed by atoms with Crippen molar-refractivity contribution in [1.82, 2.24) is 9.78 Å². The number of hydrogen-bond acceptors (Lipinski definition) is 3. The van der Waals surface area contributed by atoms with Crippen molar-refractivity contribution in [2.24, 2.45) is 28.6 Å². The van der Waals surface area contributed by atoms with Gasteiger partial charge < -0.3 is 5.11 Å². The van der Waals surface area contributed by atoms with Crippen LogP contribution in [-0.2, 0) is 11.3 Å². The number of aliphatic hydroxyl groups excluding tert-OH is 1. The van der Waals surface area contributed by atoms with Gasteiger partial charge in [-0.05, 0) is 86.7 Å². The van der Waals surface area contributed by atoms with Crippen LogP contribution in [0.15, 0.2) is 29.6 Å². The highest BCUT2D eigenvalue weighted by molar-refractivity contribution is 6.05. The van der Waals surface area contributed by atoms with Gasteiger partial charge in [-0.2, -0.15) is 5.10 Å². The van der Waals surface area contributed by atoms with Crippen molar-refractivity contribution in [2.45, 2.75) is 78.4 Å². The number of ketones is 1. The second kappa shape index (κ2) is 6.66. The molecule has 0 amide bonds. The molecule has 29 heavy (non-hydrogen) atoms. The number of aliphatic hydroxyl groups is 1. The molecule has 0 bridgehead atoms. The minimum absolute atomic E-state index is 0.161. The first kappa shape index (κ1) is 19.3. The first-order valence-electron chi connectivity index (χ1n) is 11.5. The number of rotatable bonds is 2. The molecule has 3 fully saturated rings. The molecular formula is C25H34N2O2. The Kier molecular flexibility index (Phi) is 4.43. The van der Waals surface area contributed by atoms with Crippen LogP contribution in [0.2, 0.25) is 0 Å². The third-order valence-electron chi connectivity index (χ3n) is 9.04. The van der Waals surface area contributed by atoms with E-state index in [1.54, 1.807) is 0 Å². The van der Waals surface area contributed by atoms with Gasteiger partial charge >= 0.3 is 0 Å². The van der Waals surface area contributed by atoms with E-state index in [0.29, 0.717) is 23.5 Å². The van der Waals surface area contributed by atoms with Crippen LogP contribution in [0.3, 0.4) is 0 Å². The average molecular weight is 395 g/mol. The molecule has 5 rings (SSSR count). The van der Waals surface area contributed by atoms with E-state index < -0.39 is 0 Å². The van der Waals surface area contributed by atoms with Crippen molar-refractivity contribution in [3.63, 3.8) is 0 Å². The van der Waals surface area contributed by atoms with Crippen molar-refractivity contribution in [3.8, 4) is 0 Å². The van der Waals surface area contributed by atoms with Gasteiger partial charge in [0.1, 0.15) is 0 Å². The Morgan fingerprint density at radius 3 is 2.76 bits per heavy atom. The summed E-state index contributed by atoms with van der Waals surface area (Å²) in [6.45, 7) is 7.61. The summed E-state index contributed by atoms with van der Waals surface area (Å²) in [5.74, 6) is 2.07. The average Bonchev–Trinajstić information content (AvgIpc) is 3.26. The van der Waals surface area contributed by atoms with Crippen LogP contribution in [0.5, 0.6) is 0 Å². The summed E-state index contributed by atoms with van der Waals surface area (Å²) in [5, 5.41) is 14.5. The third-order valence-corrected chi connectivity index (χ3v) is 9.04. The molecule has 0 spiro atoms. The molecular weight excluding hydrogens is 360 g/mol. The zero-order chi connectivity index (χ0) is 20.4. The monoisotopic (exact) mass is 394 g/mol. The molecule has 4 aliphatic rings. The van der Waals surface area contributed by atoms with Gasteiger partial charge in [0.05, 0.1) is 12.3 Å². The van der Waals surface area contributed by atoms with E-state index in [0.717, 1.165) is 62.6 Å². The van der Waals surface area contributed by atoms with Crippen molar-refractivity contribution in [2.75, 3.05) is 0 Å². The van der Waals surface area contributed by atoms with E-state index in [9.17, 15) is 9.90 Å². The Morgan fingerprint density at radius 1 is 1.21 bits per heavy atom. The van der Waals surface area contributed by atoms with E-state index in [-0.39, 0.29) is 16.9 Å². The molecule has 4 heteroatoms. The van der Waals surface area contributed by atoms with E-state index >= 15 is 0 Å². The van der Waals surface area contributed by atoms with Crippen molar-refractivity contribution < 1.29 is 9.90 Å². The minimum atomic E-state index is -0.205. The molecule has 0 aromatic carbocycles. The van der Waals surface area contributed by atoms with Crippen LogP contribution < -0.4 is 0 Å². The van der Waals surface area contributed by atoms with Gasteiger partial charge in [-0.25, -0.2) is 0 Å². The smallest absolute Gasteiger partial charge is 0.165 e. The topological polar surface area (TPSA) is 55.1 Å². The fourth-order valence-corrected chi connectivity index (χ4v) is 7.27. The summed E-state index contributed by atoms with van der Waals surface area (Å²) in [4.78, 5) is 13.5. The van der Waals surface area contributed by atoms with Crippen LogP contribution >= 0.6 is 0 Å². The lowest BCUT2D eigenvalue weighted by molar-refractivity contribution is -0.130. The molecule has 6 unspecified atom stereocenters. The number of aryl methyl sites for hydroxylation is 1. The number of hydrogen-bond donors (Lipinski definition) is 1. The lowest BCUT2D eigenvalue weighted by atomic mass is 9.48. The van der Waals surface area contributed by atoms with Gasteiger partial charge in [0.15, 0.2) is 5.78 Å². The molecule has 0 aliphatic heterocycles. The molecule has 156 valence electrons. The summed E-state index contributed by atoms with van der Waals surface area (Å²) in [5.41, 5.74) is 3.57. The third kappa shape index (κ3) is 2.82. The number of nitrogens with zero attached hydrogens (tertiary/aromatic N) is 2. The van der Waals surface area contributed by atoms with Crippen molar-refractivity contribution >= 4 is 11.9 Å². The quantitative estimate of drug-likeness (QED) is 0.580. The van der Waals surface area contributed by atoms with Crippen LogP contribution in [0.1, 0.15) is 71.3 Å². The second-order valence-corrected chi connectivity index (χ2v) is 10.4. The molecule has 6 atom stereocenters. The van der Waals surface area contributed by atoms with E-state index in [4.69, 9.17) is 0 Å². The molecule has 0 radical (unpaired) electrons. The maximum atomic E-state index is 13.5. The number of allylic oxidation sites excluding steroid dienone is 2. The minimum Gasteiger partial charge on any atom is -0.393 e.